The molecule has 1 aliphatic heterocycles. The molecule has 7 nitrogen and oxygen atoms in total. The Bertz CT molecular complexity index is 1100. The summed E-state index contributed by atoms with van der Waals surface area (Å²) in [6.45, 7) is 5.80. The van der Waals surface area contributed by atoms with E-state index in [0.29, 0.717) is 23.0 Å². The van der Waals surface area contributed by atoms with Crippen molar-refractivity contribution in [3.05, 3.63) is 64.6 Å². The number of aryl methyl sites for hydroxylation is 1. The number of hydrogen-bond acceptors (Lipinski definition) is 5. The molecule has 1 aromatic heterocycles. The Balaban J connectivity index is 1.58. The topological polar surface area (TPSA) is 76.5 Å². The minimum atomic E-state index is -0.320. The number of aromatic nitrogens is 2. The van der Waals surface area contributed by atoms with Crippen LogP contribution in [0.1, 0.15) is 36.7 Å². The Hall–Kier alpha value is -3.19. The fraction of sp³-hybridized carbons (Fsp3) is 0.375. The van der Waals surface area contributed by atoms with Crippen molar-refractivity contribution in [2.45, 2.75) is 32.7 Å². The van der Waals surface area contributed by atoms with Crippen LogP contribution in [0, 0.1) is 0 Å². The molecule has 0 bridgehead atoms. The van der Waals surface area contributed by atoms with Crippen molar-refractivity contribution in [3.8, 4) is 0 Å². The van der Waals surface area contributed by atoms with Crippen molar-refractivity contribution in [2.24, 2.45) is 0 Å². The number of hydrogen-bond donors (Lipinski definition) is 1. The molecule has 2 aromatic carbocycles. The summed E-state index contributed by atoms with van der Waals surface area (Å²) in [6, 6.07) is 14.9. The zero-order valence-electron chi connectivity index (χ0n) is 17.8. The number of rotatable bonds is 7. The first-order chi connectivity index (χ1) is 15.2. The van der Waals surface area contributed by atoms with Crippen LogP contribution in [0.4, 0.5) is 11.4 Å². The predicted octanol–water partition coefficient (Wildman–Crippen LogP) is 3.68. The molecule has 162 valence electrons. The molecule has 0 unspecified atom stereocenters. The highest BCUT2D eigenvalue weighted by molar-refractivity contribution is 6.11. The third kappa shape index (κ3) is 4.77. The lowest BCUT2D eigenvalue weighted by Crippen LogP contribution is -2.36. The molecule has 1 amide bonds. The first kappa shape index (κ1) is 21.1. The van der Waals surface area contributed by atoms with Crippen LogP contribution in [0.2, 0.25) is 0 Å². The van der Waals surface area contributed by atoms with Crippen LogP contribution in [-0.2, 0) is 11.3 Å². The van der Waals surface area contributed by atoms with Crippen LogP contribution < -0.4 is 15.8 Å². The molecule has 1 N–H and O–H groups in total. The summed E-state index contributed by atoms with van der Waals surface area (Å²) in [7, 11) is 0. The Morgan fingerprint density at radius 2 is 1.74 bits per heavy atom. The molecule has 1 aliphatic rings. The van der Waals surface area contributed by atoms with Gasteiger partial charge in [0.2, 0.25) is 0 Å². The lowest BCUT2D eigenvalue weighted by Gasteiger charge is -2.28. The van der Waals surface area contributed by atoms with Crippen LogP contribution in [0.15, 0.2) is 53.3 Å². The molecule has 0 atom stereocenters. The molecule has 31 heavy (non-hydrogen) atoms. The number of benzene rings is 2. The molecule has 3 aromatic rings. The summed E-state index contributed by atoms with van der Waals surface area (Å²) in [5.41, 5.74) is 1.91. The van der Waals surface area contributed by atoms with Gasteiger partial charge < -0.3 is 15.0 Å². The highest BCUT2D eigenvalue weighted by Gasteiger charge is 2.17. The Kier molecular flexibility index (Phi) is 6.62. The maximum atomic E-state index is 13.1. The quantitative estimate of drug-likeness (QED) is 0.590. The number of carbonyl (C=O) groups excluding carboxylic acids is 1. The van der Waals surface area contributed by atoms with E-state index >= 15 is 0 Å². The largest absolute Gasteiger partial charge is 0.378 e. The fourth-order valence-corrected chi connectivity index (χ4v) is 3.83. The van der Waals surface area contributed by atoms with Gasteiger partial charge in [-0.1, -0.05) is 38.0 Å². The third-order valence-corrected chi connectivity index (χ3v) is 5.56. The van der Waals surface area contributed by atoms with E-state index < -0.39 is 0 Å². The summed E-state index contributed by atoms with van der Waals surface area (Å²) in [4.78, 5) is 28.2. The average molecular weight is 421 g/mol. The van der Waals surface area contributed by atoms with Crippen molar-refractivity contribution in [1.29, 1.82) is 0 Å². The maximum Gasteiger partial charge on any atom is 0.276 e. The third-order valence-electron chi connectivity index (χ3n) is 5.56. The monoisotopic (exact) mass is 420 g/mol. The Morgan fingerprint density at radius 1 is 1.03 bits per heavy atom. The van der Waals surface area contributed by atoms with Gasteiger partial charge in [0.15, 0.2) is 5.69 Å². The maximum absolute atomic E-state index is 13.1. The normalized spacial score (nSPS) is 14.0. The number of fused-ring (bicyclic) bond motifs is 1. The summed E-state index contributed by atoms with van der Waals surface area (Å²) in [6.07, 6.45) is 2.92. The smallest absolute Gasteiger partial charge is 0.276 e. The van der Waals surface area contributed by atoms with Crippen molar-refractivity contribution < 1.29 is 9.53 Å². The summed E-state index contributed by atoms with van der Waals surface area (Å²) in [5.74, 6) is -0.320. The van der Waals surface area contributed by atoms with Gasteiger partial charge in [-0.15, -0.1) is 0 Å². The van der Waals surface area contributed by atoms with E-state index in [-0.39, 0.29) is 17.2 Å². The van der Waals surface area contributed by atoms with Crippen molar-refractivity contribution in [3.63, 3.8) is 0 Å². The van der Waals surface area contributed by atoms with Gasteiger partial charge in [0.05, 0.1) is 18.6 Å². The lowest BCUT2D eigenvalue weighted by molar-refractivity contribution is 0.102. The van der Waals surface area contributed by atoms with E-state index in [9.17, 15) is 9.59 Å². The van der Waals surface area contributed by atoms with Gasteiger partial charge in [-0.25, -0.2) is 4.68 Å². The number of morpholine rings is 1. The van der Waals surface area contributed by atoms with E-state index in [4.69, 9.17) is 4.74 Å². The van der Waals surface area contributed by atoms with Crippen LogP contribution in [0.25, 0.3) is 10.8 Å². The van der Waals surface area contributed by atoms with Crippen LogP contribution in [0.3, 0.4) is 0 Å². The summed E-state index contributed by atoms with van der Waals surface area (Å²) >= 11 is 0. The SMILES string of the molecule is CCCCCn1nc(C(=O)Nc2ccc(N3CCOCC3)cc2)c2ccccc2c1=O. The van der Waals surface area contributed by atoms with E-state index in [1.807, 2.05) is 36.4 Å². The molecular weight excluding hydrogens is 392 g/mol. The molecule has 1 fully saturated rings. The van der Waals surface area contributed by atoms with Gasteiger partial charge in [-0.2, -0.15) is 5.10 Å². The van der Waals surface area contributed by atoms with Crippen LogP contribution in [0.5, 0.6) is 0 Å². The number of anilines is 2. The van der Waals surface area contributed by atoms with Crippen LogP contribution >= 0.6 is 0 Å². The number of ether oxygens (including phenoxy) is 1. The summed E-state index contributed by atoms with van der Waals surface area (Å²) < 4.78 is 6.83. The molecular formula is C24H28N4O3. The van der Waals surface area contributed by atoms with Crippen LogP contribution in [-0.4, -0.2) is 42.0 Å². The van der Waals surface area contributed by atoms with E-state index in [1.54, 1.807) is 12.1 Å². The van der Waals surface area contributed by atoms with E-state index in [2.05, 4.69) is 22.2 Å². The van der Waals surface area contributed by atoms with Gasteiger partial charge >= 0.3 is 0 Å². The van der Waals surface area contributed by atoms with E-state index in [1.165, 1.54) is 4.68 Å². The van der Waals surface area contributed by atoms with Gasteiger partial charge in [0.25, 0.3) is 11.5 Å². The molecule has 0 radical (unpaired) electrons. The van der Waals surface area contributed by atoms with Crippen molar-refractivity contribution >= 4 is 28.1 Å². The first-order valence-electron chi connectivity index (χ1n) is 10.9. The molecule has 1 saturated heterocycles. The molecule has 7 heteroatoms. The minimum Gasteiger partial charge on any atom is -0.378 e. The van der Waals surface area contributed by atoms with E-state index in [0.717, 1.165) is 51.3 Å². The Morgan fingerprint density at radius 3 is 2.45 bits per heavy atom. The first-order valence-corrected chi connectivity index (χ1v) is 10.9. The lowest BCUT2D eigenvalue weighted by atomic mass is 10.1. The van der Waals surface area contributed by atoms with Crippen molar-refractivity contribution in [2.75, 3.05) is 36.5 Å². The molecule has 0 aliphatic carbocycles. The van der Waals surface area contributed by atoms with Gasteiger partial charge in [0.1, 0.15) is 0 Å². The molecule has 0 saturated carbocycles. The number of unbranched alkanes of at least 4 members (excludes halogenated alkanes) is 2. The molecule has 2 heterocycles. The zero-order valence-corrected chi connectivity index (χ0v) is 17.8. The summed E-state index contributed by atoms with van der Waals surface area (Å²) in [5, 5.41) is 8.45. The standard InChI is InChI=1S/C24H28N4O3/c1-2-3-6-13-28-24(30)21-8-5-4-7-20(21)22(26-28)23(29)25-18-9-11-19(12-10-18)27-14-16-31-17-15-27/h4-5,7-12H,2-3,6,13-17H2,1H3,(H,25,29). The number of amides is 1. The number of nitrogens with one attached hydrogen (secondary N) is 1. The highest BCUT2D eigenvalue weighted by atomic mass is 16.5. The zero-order chi connectivity index (χ0) is 21.6. The van der Waals surface area contributed by atoms with Crippen molar-refractivity contribution in [1.82, 2.24) is 9.78 Å². The second-order valence-electron chi connectivity index (χ2n) is 7.73. The van der Waals surface area contributed by atoms with Gasteiger partial charge in [-0.3, -0.25) is 9.59 Å². The van der Waals surface area contributed by atoms with Gasteiger partial charge in [0, 0.05) is 36.4 Å². The molecule has 4 rings (SSSR count). The highest BCUT2D eigenvalue weighted by Crippen LogP contribution is 2.20. The Labute approximate surface area is 181 Å². The predicted molar refractivity (Wildman–Crippen MR) is 123 cm³/mol. The number of nitrogens with zero attached hydrogens (tertiary/aromatic N) is 3. The molecule has 0 spiro atoms. The fourth-order valence-electron chi connectivity index (χ4n) is 3.83. The van der Waals surface area contributed by atoms with Gasteiger partial charge in [-0.05, 0) is 36.8 Å². The second kappa shape index (κ2) is 9.75. The number of carbonyl (C=O) groups is 1. The average Bonchev–Trinajstić information content (AvgIpc) is 2.82. The second-order valence-corrected chi connectivity index (χ2v) is 7.73. The minimum absolute atomic E-state index is 0.155.